The van der Waals surface area contributed by atoms with Gasteiger partial charge >= 0.3 is 0 Å². The summed E-state index contributed by atoms with van der Waals surface area (Å²) in [6, 6.07) is 15.6. The first-order valence-electron chi connectivity index (χ1n) is 14.8. The second-order valence-electron chi connectivity index (χ2n) is 11.1. The number of nitrogens with zero attached hydrogens (tertiary/aromatic N) is 1. The third-order valence-electron chi connectivity index (χ3n) is 8.09. The van der Waals surface area contributed by atoms with Crippen LogP contribution in [0.2, 0.25) is 0 Å². The van der Waals surface area contributed by atoms with Gasteiger partial charge in [0, 0.05) is 64.6 Å². The molecule has 3 aliphatic rings. The molecule has 0 bridgehead atoms. The van der Waals surface area contributed by atoms with E-state index in [0.717, 1.165) is 76.9 Å². The number of aryl methyl sites for hydroxylation is 1. The van der Waals surface area contributed by atoms with E-state index in [2.05, 4.69) is 52.7 Å². The van der Waals surface area contributed by atoms with Crippen LogP contribution in [0.3, 0.4) is 0 Å². The Morgan fingerprint density at radius 3 is 2.71 bits per heavy atom. The molecule has 38 heavy (non-hydrogen) atoms. The number of fused-ring (bicyclic) bond motifs is 1. The maximum Gasteiger partial charge on any atom is 0.119 e. The monoisotopic (exact) mass is 522 g/mol. The molecule has 2 aromatic rings. The lowest BCUT2D eigenvalue weighted by Crippen LogP contribution is -2.41. The Kier molecular flexibility index (Phi) is 10.3. The number of benzene rings is 2. The van der Waals surface area contributed by atoms with E-state index in [1.54, 1.807) is 7.11 Å². The van der Waals surface area contributed by atoms with Gasteiger partial charge in [-0.3, -0.25) is 0 Å². The van der Waals surface area contributed by atoms with Crippen LogP contribution < -0.4 is 15.0 Å². The molecule has 0 unspecified atom stereocenters. The van der Waals surface area contributed by atoms with Crippen molar-refractivity contribution < 1.29 is 18.9 Å². The number of rotatable bonds is 15. The molecule has 1 aliphatic carbocycles. The number of nitrogens with one attached hydrogen (secondary N) is 1. The van der Waals surface area contributed by atoms with Crippen molar-refractivity contribution in [2.75, 3.05) is 64.6 Å². The van der Waals surface area contributed by atoms with Crippen LogP contribution >= 0.6 is 0 Å². The molecule has 2 heterocycles. The largest absolute Gasteiger partial charge is 0.494 e. The van der Waals surface area contributed by atoms with Crippen LogP contribution in [0.25, 0.3) is 0 Å². The van der Waals surface area contributed by atoms with E-state index in [0.29, 0.717) is 19.1 Å². The first kappa shape index (κ1) is 27.4. The molecule has 2 aliphatic heterocycles. The van der Waals surface area contributed by atoms with Gasteiger partial charge in [-0.05, 0) is 85.9 Å². The third kappa shape index (κ3) is 7.95. The van der Waals surface area contributed by atoms with E-state index in [1.165, 1.54) is 48.1 Å². The summed E-state index contributed by atoms with van der Waals surface area (Å²) < 4.78 is 23.5. The molecule has 1 saturated heterocycles. The van der Waals surface area contributed by atoms with Crippen molar-refractivity contribution in [3.63, 3.8) is 0 Å². The first-order chi connectivity index (χ1) is 18.8. The van der Waals surface area contributed by atoms with Crippen LogP contribution in [0, 0.1) is 5.92 Å². The van der Waals surface area contributed by atoms with Crippen molar-refractivity contribution in [2.45, 2.75) is 63.6 Å². The Balaban J connectivity index is 1.12. The van der Waals surface area contributed by atoms with E-state index < -0.39 is 0 Å². The van der Waals surface area contributed by atoms with Gasteiger partial charge in [-0.2, -0.15) is 0 Å². The fourth-order valence-electron chi connectivity index (χ4n) is 5.70. The van der Waals surface area contributed by atoms with Crippen molar-refractivity contribution in [2.24, 2.45) is 5.92 Å². The zero-order valence-corrected chi connectivity index (χ0v) is 23.2. The summed E-state index contributed by atoms with van der Waals surface area (Å²) in [4.78, 5) is 2.52. The smallest absolute Gasteiger partial charge is 0.119 e. The average molecular weight is 523 g/mol. The predicted molar refractivity (Wildman–Crippen MR) is 152 cm³/mol. The lowest BCUT2D eigenvalue weighted by atomic mass is 9.87. The molecule has 0 radical (unpaired) electrons. The number of hydrogen-bond acceptors (Lipinski definition) is 6. The van der Waals surface area contributed by atoms with E-state index in [9.17, 15) is 0 Å². The molecule has 1 saturated carbocycles. The van der Waals surface area contributed by atoms with Crippen LogP contribution in [0.5, 0.6) is 5.75 Å². The predicted octanol–water partition coefficient (Wildman–Crippen LogP) is 5.33. The Morgan fingerprint density at radius 2 is 1.87 bits per heavy atom. The Morgan fingerprint density at radius 1 is 0.974 bits per heavy atom. The topological polar surface area (TPSA) is 52.2 Å². The van der Waals surface area contributed by atoms with Gasteiger partial charge < -0.3 is 29.2 Å². The van der Waals surface area contributed by atoms with Crippen molar-refractivity contribution in [1.82, 2.24) is 5.32 Å². The SMILES string of the molecule is COCCCN1CCCc2ccc(CO[C@H]3CNCC[C@@H]3c3ccc(OCCCOCC4CC4)cc3)cc21. The van der Waals surface area contributed by atoms with Crippen LogP contribution in [-0.4, -0.2) is 65.8 Å². The van der Waals surface area contributed by atoms with Crippen molar-refractivity contribution in [3.8, 4) is 5.75 Å². The van der Waals surface area contributed by atoms with Crippen molar-refractivity contribution in [1.29, 1.82) is 0 Å². The number of methoxy groups -OCH3 is 1. The van der Waals surface area contributed by atoms with Gasteiger partial charge in [0.25, 0.3) is 0 Å². The van der Waals surface area contributed by atoms with Gasteiger partial charge in [0.05, 0.1) is 19.3 Å². The number of piperidine rings is 1. The first-order valence-corrected chi connectivity index (χ1v) is 14.8. The summed E-state index contributed by atoms with van der Waals surface area (Å²) >= 11 is 0. The molecule has 0 spiro atoms. The summed E-state index contributed by atoms with van der Waals surface area (Å²) in [7, 11) is 1.78. The fourth-order valence-corrected chi connectivity index (χ4v) is 5.70. The highest BCUT2D eigenvalue weighted by Gasteiger charge is 2.27. The summed E-state index contributed by atoms with van der Waals surface area (Å²) in [6.45, 7) is 7.97. The Labute approximate surface area is 229 Å². The third-order valence-corrected chi connectivity index (χ3v) is 8.09. The molecule has 1 N–H and O–H groups in total. The van der Waals surface area contributed by atoms with Crippen LogP contribution in [-0.2, 0) is 27.2 Å². The van der Waals surface area contributed by atoms with Gasteiger partial charge in [-0.15, -0.1) is 0 Å². The van der Waals surface area contributed by atoms with Gasteiger partial charge in [-0.25, -0.2) is 0 Å². The maximum absolute atomic E-state index is 6.57. The summed E-state index contributed by atoms with van der Waals surface area (Å²) in [5.74, 6) is 2.15. The number of ether oxygens (including phenoxy) is 4. The van der Waals surface area contributed by atoms with E-state index in [-0.39, 0.29) is 6.10 Å². The lowest BCUT2D eigenvalue weighted by Gasteiger charge is -2.33. The number of anilines is 1. The molecular weight excluding hydrogens is 476 g/mol. The maximum atomic E-state index is 6.57. The van der Waals surface area contributed by atoms with Gasteiger partial charge in [-0.1, -0.05) is 24.3 Å². The summed E-state index contributed by atoms with van der Waals surface area (Å²) in [5.41, 5.74) is 5.45. The minimum atomic E-state index is 0.160. The molecule has 0 amide bonds. The van der Waals surface area contributed by atoms with E-state index in [1.807, 2.05) is 0 Å². The molecule has 0 aromatic heterocycles. The molecule has 208 valence electrons. The minimum Gasteiger partial charge on any atom is -0.494 e. The molecule has 6 nitrogen and oxygen atoms in total. The highest BCUT2D eigenvalue weighted by molar-refractivity contribution is 5.57. The van der Waals surface area contributed by atoms with Crippen LogP contribution in [0.1, 0.15) is 61.1 Å². The highest BCUT2D eigenvalue weighted by atomic mass is 16.5. The molecule has 5 rings (SSSR count). The van der Waals surface area contributed by atoms with Crippen LogP contribution in [0.4, 0.5) is 5.69 Å². The highest BCUT2D eigenvalue weighted by Crippen LogP contribution is 2.32. The van der Waals surface area contributed by atoms with Crippen LogP contribution in [0.15, 0.2) is 42.5 Å². The van der Waals surface area contributed by atoms with Crippen molar-refractivity contribution >= 4 is 5.69 Å². The van der Waals surface area contributed by atoms with E-state index in [4.69, 9.17) is 18.9 Å². The second-order valence-corrected chi connectivity index (χ2v) is 11.1. The zero-order chi connectivity index (χ0) is 26.0. The summed E-state index contributed by atoms with van der Waals surface area (Å²) in [5, 5.41) is 3.54. The normalized spacial score (nSPS) is 21.3. The second kappa shape index (κ2) is 14.3. The van der Waals surface area contributed by atoms with Crippen molar-refractivity contribution in [3.05, 3.63) is 59.2 Å². The Bertz CT molecular complexity index is 978. The standard InChI is InChI=1S/C32H46N2O4/c1-35-18-3-17-34-16-2-5-28-9-8-26(21-31(28)34)24-38-32-22-33-15-14-30(32)27-10-12-29(13-11-27)37-20-4-19-36-23-25-6-7-25/h8-13,21,25,30,32-33H,2-7,14-20,22-24H2,1H3/t30-,32+/m1/s1. The molecule has 2 aromatic carbocycles. The number of hydrogen-bond donors (Lipinski definition) is 1. The molecule has 2 atom stereocenters. The minimum absolute atomic E-state index is 0.160. The van der Waals surface area contributed by atoms with Gasteiger partial charge in [0.2, 0.25) is 0 Å². The molecule has 6 heteroatoms. The summed E-state index contributed by atoms with van der Waals surface area (Å²) in [6.07, 6.45) is 8.32. The quantitative estimate of drug-likeness (QED) is 0.319. The molecule has 2 fully saturated rings. The fraction of sp³-hybridized carbons (Fsp3) is 0.625. The molecular formula is C32H46N2O4. The Hall–Kier alpha value is -2.12. The van der Waals surface area contributed by atoms with Gasteiger partial charge in [0.15, 0.2) is 0 Å². The van der Waals surface area contributed by atoms with Gasteiger partial charge in [0.1, 0.15) is 5.75 Å². The van der Waals surface area contributed by atoms with E-state index >= 15 is 0 Å². The zero-order valence-electron chi connectivity index (χ0n) is 23.2. The average Bonchev–Trinajstić information content (AvgIpc) is 3.79. The lowest BCUT2D eigenvalue weighted by molar-refractivity contribution is 0.0106.